The summed E-state index contributed by atoms with van der Waals surface area (Å²) in [6.45, 7) is 9.26. The van der Waals surface area contributed by atoms with Crippen LogP contribution in [-0.4, -0.2) is 27.3 Å². The van der Waals surface area contributed by atoms with Crippen molar-refractivity contribution in [1.82, 2.24) is 5.32 Å². The zero-order valence-corrected chi connectivity index (χ0v) is 12.0. The second-order valence-electron chi connectivity index (χ2n) is 6.05. The smallest absolute Gasteiger partial charge is 0.0375 e. The maximum Gasteiger partial charge on any atom is 0.0375 e. The molecule has 0 spiro atoms. The number of rotatable bonds is 6. The fourth-order valence-corrected chi connectivity index (χ4v) is 2.93. The predicted molar refractivity (Wildman–Crippen MR) is 72.2 cm³/mol. The average molecular weight is 245 g/mol. The minimum absolute atomic E-state index is 0.0705. The molecule has 0 heterocycles. The fourth-order valence-electron chi connectivity index (χ4n) is 2.02. The largest absolute Gasteiger partial charge is 0.313 e. The zero-order valence-electron chi connectivity index (χ0n) is 11.2. The first-order chi connectivity index (χ1) is 7.39. The van der Waals surface area contributed by atoms with Crippen molar-refractivity contribution in [2.24, 2.45) is 5.92 Å². The first kappa shape index (κ1) is 14.2. The lowest BCUT2D eigenvalue weighted by molar-refractivity contribution is 0.267. The van der Waals surface area contributed by atoms with E-state index in [0.29, 0.717) is 6.04 Å². The monoisotopic (exact) mass is 245 g/mol. The van der Waals surface area contributed by atoms with E-state index >= 15 is 0 Å². The standard InChI is InChI=1S/C13H27NOS/c1-11(10-12-6-5-7-12)14-8-9-16(15)13(2,3)4/h11-12,14H,5-10H2,1-4H3. The maximum absolute atomic E-state index is 11.8. The van der Waals surface area contributed by atoms with Gasteiger partial charge in [-0.3, -0.25) is 4.21 Å². The predicted octanol–water partition coefficient (Wildman–Crippen LogP) is 2.70. The van der Waals surface area contributed by atoms with Crippen molar-refractivity contribution in [2.45, 2.75) is 64.2 Å². The molecule has 1 rings (SSSR count). The van der Waals surface area contributed by atoms with Crippen LogP contribution in [0.5, 0.6) is 0 Å². The van der Waals surface area contributed by atoms with Crippen LogP contribution in [0.3, 0.4) is 0 Å². The van der Waals surface area contributed by atoms with Crippen molar-refractivity contribution in [3.05, 3.63) is 0 Å². The summed E-state index contributed by atoms with van der Waals surface area (Å²) in [5, 5.41) is 3.49. The zero-order chi connectivity index (χ0) is 12.2. The van der Waals surface area contributed by atoms with Gasteiger partial charge < -0.3 is 5.32 Å². The Morgan fingerprint density at radius 3 is 2.44 bits per heavy atom. The Bertz CT molecular complexity index is 231. The van der Waals surface area contributed by atoms with Crippen LogP contribution in [0.2, 0.25) is 0 Å². The number of hydrogen-bond acceptors (Lipinski definition) is 2. The minimum Gasteiger partial charge on any atom is -0.313 e. The fraction of sp³-hybridized carbons (Fsp3) is 1.00. The van der Waals surface area contributed by atoms with E-state index in [-0.39, 0.29) is 4.75 Å². The van der Waals surface area contributed by atoms with E-state index in [1.165, 1.54) is 25.7 Å². The van der Waals surface area contributed by atoms with Gasteiger partial charge in [0.05, 0.1) is 0 Å². The van der Waals surface area contributed by atoms with Gasteiger partial charge in [0.15, 0.2) is 0 Å². The molecule has 0 saturated heterocycles. The minimum atomic E-state index is -0.717. The Morgan fingerprint density at radius 1 is 1.38 bits per heavy atom. The van der Waals surface area contributed by atoms with E-state index in [0.717, 1.165) is 18.2 Å². The van der Waals surface area contributed by atoms with E-state index in [1.807, 2.05) is 20.8 Å². The summed E-state index contributed by atoms with van der Waals surface area (Å²) < 4.78 is 11.7. The van der Waals surface area contributed by atoms with Crippen LogP contribution in [0, 0.1) is 5.92 Å². The molecule has 1 aliphatic rings. The molecule has 2 nitrogen and oxygen atoms in total. The van der Waals surface area contributed by atoms with Gasteiger partial charge >= 0.3 is 0 Å². The summed E-state index contributed by atoms with van der Waals surface area (Å²) in [5.41, 5.74) is 0. The second kappa shape index (κ2) is 6.15. The maximum atomic E-state index is 11.8. The molecule has 2 unspecified atom stereocenters. The summed E-state index contributed by atoms with van der Waals surface area (Å²) in [6.07, 6.45) is 5.55. The van der Waals surface area contributed by atoms with Gasteiger partial charge in [-0.2, -0.15) is 0 Å². The highest BCUT2D eigenvalue weighted by molar-refractivity contribution is 7.86. The Balaban J connectivity index is 2.07. The molecule has 0 amide bonds. The number of nitrogens with one attached hydrogen (secondary N) is 1. The Morgan fingerprint density at radius 2 is 2.00 bits per heavy atom. The molecule has 0 radical (unpaired) electrons. The van der Waals surface area contributed by atoms with Gasteiger partial charge in [0.1, 0.15) is 0 Å². The lowest BCUT2D eigenvalue weighted by Crippen LogP contribution is -2.35. The van der Waals surface area contributed by atoms with Crippen molar-refractivity contribution in [1.29, 1.82) is 0 Å². The van der Waals surface area contributed by atoms with Crippen LogP contribution in [-0.2, 0) is 10.8 Å². The average Bonchev–Trinajstić information content (AvgIpc) is 2.09. The molecular weight excluding hydrogens is 218 g/mol. The lowest BCUT2D eigenvalue weighted by atomic mass is 9.81. The van der Waals surface area contributed by atoms with Crippen LogP contribution in [0.1, 0.15) is 53.4 Å². The Kier molecular flexibility index (Phi) is 5.45. The molecule has 0 aromatic heterocycles. The molecule has 0 bridgehead atoms. The molecule has 0 aliphatic heterocycles. The van der Waals surface area contributed by atoms with E-state index in [4.69, 9.17) is 0 Å². The first-order valence-electron chi connectivity index (χ1n) is 6.51. The van der Waals surface area contributed by atoms with Gasteiger partial charge in [-0.05, 0) is 40.0 Å². The quantitative estimate of drug-likeness (QED) is 0.779. The molecule has 2 atom stereocenters. The lowest BCUT2D eigenvalue weighted by Gasteiger charge is -2.28. The van der Waals surface area contributed by atoms with Crippen molar-refractivity contribution in [2.75, 3.05) is 12.3 Å². The van der Waals surface area contributed by atoms with Gasteiger partial charge in [0, 0.05) is 33.9 Å². The van der Waals surface area contributed by atoms with Gasteiger partial charge in [-0.25, -0.2) is 0 Å². The third-order valence-corrected chi connectivity index (χ3v) is 5.32. The summed E-state index contributed by atoms with van der Waals surface area (Å²) in [5.74, 6) is 1.73. The molecular formula is C13H27NOS. The summed E-state index contributed by atoms with van der Waals surface area (Å²) >= 11 is 0. The van der Waals surface area contributed by atoms with Gasteiger partial charge in [-0.15, -0.1) is 0 Å². The van der Waals surface area contributed by atoms with Crippen molar-refractivity contribution < 1.29 is 4.21 Å². The van der Waals surface area contributed by atoms with Crippen LogP contribution in [0.25, 0.3) is 0 Å². The molecule has 0 aromatic rings. The third-order valence-electron chi connectivity index (χ3n) is 3.37. The van der Waals surface area contributed by atoms with Crippen molar-refractivity contribution >= 4 is 10.8 Å². The van der Waals surface area contributed by atoms with Crippen LogP contribution >= 0.6 is 0 Å². The van der Waals surface area contributed by atoms with Crippen LogP contribution in [0.4, 0.5) is 0 Å². The van der Waals surface area contributed by atoms with Crippen LogP contribution in [0.15, 0.2) is 0 Å². The molecule has 1 saturated carbocycles. The van der Waals surface area contributed by atoms with Crippen molar-refractivity contribution in [3.63, 3.8) is 0 Å². The molecule has 96 valence electrons. The van der Waals surface area contributed by atoms with Crippen LogP contribution < -0.4 is 5.32 Å². The molecule has 1 N–H and O–H groups in total. The van der Waals surface area contributed by atoms with Crippen molar-refractivity contribution in [3.8, 4) is 0 Å². The van der Waals surface area contributed by atoms with E-state index in [1.54, 1.807) is 0 Å². The van der Waals surface area contributed by atoms with Gasteiger partial charge in [-0.1, -0.05) is 19.3 Å². The second-order valence-corrected chi connectivity index (χ2v) is 8.37. The van der Waals surface area contributed by atoms with E-state index in [2.05, 4.69) is 12.2 Å². The SMILES string of the molecule is CC(CC1CCC1)NCCS(=O)C(C)(C)C. The molecule has 3 heteroatoms. The number of hydrogen-bond donors (Lipinski definition) is 1. The van der Waals surface area contributed by atoms with E-state index < -0.39 is 10.8 Å². The normalized spacial score (nSPS) is 21.5. The van der Waals surface area contributed by atoms with Gasteiger partial charge in [0.25, 0.3) is 0 Å². The highest BCUT2D eigenvalue weighted by Crippen LogP contribution is 2.30. The summed E-state index contributed by atoms with van der Waals surface area (Å²) in [4.78, 5) is 0. The molecule has 0 aromatic carbocycles. The molecule has 1 fully saturated rings. The van der Waals surface area contributed by atoms with E-state index in [9.17, 15) is 4.21 Å². The summed E-state index contributed by atoms with van der Waals surface area (Å²) in [6, 6.07) is 0.585. The highest BCUT2D eigenvalue weighted by atomic mass is 32.2. The third kappa shape index (κ3) is 4.96. The molecule has 16 heavy (non-hydrogen) atoms. The topological polar surface area (TPSA) is 29.1 Å². The Labute approximate surface area is 103 Å². The van der Waals surface area contributed by atoms with Gasteiger partial charge in [0.2, 0.25) is 0 Å². The first-order valence-corrected chi connectivity index (χ1v) is 7.83. The summed E-state index contributed by atoms with van der Waals surface area (Å²) in [7, 11) is -0.717. The highest BCUT2D eigenvalue weighted by Gasteiger charge is 2.21. The Hall–Kier alpha value is 0.110. The molecule has 1 aliphatic carbocycles.